The molecule has 0 amide bonds. The molecule has 1 atom stereocenters. The van der Waals surface area contributed by atoms with Crippen LogP contribution in [0.25, 0.3) is 0 Å². The molecule has 1 aromatic rings. The van der Waals surface area contributed by atoms with E-state index in [2.05, 4.69) is 36.5 Å². The van der Waals surface area contributed by atoms with Crippen LogP contribution in [0.15, 0.2) is 24.3 Å². The molecule has 1 saturated heterocycles. The maximum Gasteiger partial charge on any atom is 0.119 e. The molecule has 19 heavy (non-hydrogen) atoms. The lowest BCUT2D eigenvalue weighted by Crippen LogP contribution is -2.36. The van der Waals surface area contributed by atoms with Gasteiger partial charge in [-0.2, -0.15) is 0 Å². The minimum atomic E-state index is 0.226. The first-order valence-electron chi connectivity index (χ1n) is 7.25. The molecule has 3 heteroatoms. The highest BCUT2D eigenvalue weighted by atomic mass is 16.5. The number of benzene rings is 1. The van der Waals surface area contributed by atoms with Crippen molar-refractivity contribution >= 4 is 0 Å². The van der Waals surface area contributed by atoms with Gasteiger partial charge in [0.15, 0.2) is 0 Å². The molecule has 0 spiro atoms. The Morgan fingerprint density at radius 2 is 1.74 bits per heavy atom. The van der Waals surface area contributed by atoms with Crippen LogP contribution in [0.4, 0.5) is 0 Å². The first-order valence-corrected chi connectivity index (χ1v) is 7.25. The van der Waals surface area contributed by atoms with Crippen molar-refractivity contribution in [1.82, 2.24) is 5.32 Å². The molecule has 1 fully saturated rings. The van der Waals surface area contributed by atoms with Crippen LogP contribution in [-0.2, 0) is 4.74 Å². The predicted molar refractivity (Wildman–Crippen MR) is 77.6 cm³/mol. The molecule has 0 saturated carbocycles. The first kappa shape index (κ1) is 14.4. The molecular weight excluding hydrogens is 238 g/mol. The van der Waals surface area contributed by atoms with E-state index in [-0.39, 0.29) is 6.10 Å². The highest BCUT2D eigenvalue weighted by Crippen LogP contribution is 2.20. The van der Waals surface area contributed by atoms with Gasteiger partial charge in [-0.05, 0) is 51.3 Å². The zero-order valence-electron chi connectivity index (χ0n) is 12.2. The Morgan fingerprint density at radius 1 is 1.11 bits per heavy atom. The molecule has 1 heterocycles. The van der Waals surface area contributed by atoms with Crippen molar-refractivity contribution in [2.75, 3.05) is 13.2 Å². The van der Waals surface area contributed by atoms with Gasteiger partial charge in [-0.15, -0.1) is 0 Å². The van der Waals surface area contributed by atoms with E-state index in [0.29, 0.717) is 12.1 Å². The summed E-state index contributed by atoms with van der Waals surface area (Å²) in [7, 11) is 0. The summed E-state index contributed by atoms with van der Waals surface area (Å²) in [4.78, 5) is 0. The van der Waals surface area contributed by atoms with Crippen LogP contribution in [0.5, 0.6) is 5.75 Å². The van der Waals surface area contributed by atoms with Crippen molar-refractivity contribution in [2.24, 2.45) is 0 Å². The van der Waals surface area contributed by atoms with Crippen molar-refractivity contribution < 1.29 is 9.47 Å². The molecule has 1 aromatic carbocycles. The van der Waals surface area contributed by atoms with Crippen molar-refractivity contribution in [2.45, 2.75) is 51.8 Å². The molecule has 1 N–H and O–H groups in total. The minimum Gasteiger partial charge on any atom is -0.491 e. The SMILES string of the molecule is CC(C)Oc1ccc(C(C)NC2CCOCC2)cc1. The van der Waals surface area contributed by atoms with E-state index < -0.39 is 0 Å². The van der Waals surface area contributed by atoms with E-state index >= 15 is 0 Å². The van der Waals surface area contributed by atoms with Crippen LogP contribution >= 0.6 is 0 Å². The Bertz CT molecular complexity index is 369. The van der Waals surface area contributed by atoms with Crippen molar-refractivity contribution in [1.29, 1.82) is 0 Å². The summed E-state index contributed by atoms with van der Waals surface area (Å²) in [5, 5.41) is 3.67. The molecule has 1 aliphatic rings. The summed E-state index contributed by atoms with van der Waals surface area (Å²) >= 11 is 0. The molecule has 2 rings (SSSR count). The molecule has 3 nitrogen and oxygen atoms in total. The Balaban J connectivity index is 1.89. The van der Waals surface area contributed by atoms with Crippen LogP contribution < -0.4 is 10.1 Å². The maximum absolute atomic E-state index is 5.66. The topological polar surface area (TPSA) is 30.5 Å². The molecule has 0 bridgehead atoms. The van der Waals surface area contributed by atoms with Gasteiger partial charge >= 0.3 is 0 Å². The van der Waals surface area contributed by atoms with Crippen LogP contribution in [0.1, 0.15) is 45.2 Å². The first-order chi connectivity index (χ1) is 9.15. The highest BCUT2D eigenvalue weighted by Gasteiger charge is 2.16. The summed E-state index contributed by atoms with van der Waals surface area (Å²) < 4.78 is 11.0. The van der Waals surface area contributed by atoms with E-state index in [4.69, 9.17) is 9.47 Å². The van der Waals surface area contributed by atoms with Gasteiger partial charge < -0.3 is 14.8 Å². The van der Waals surface area contributed by atoms with Gasteiger partial charge in [-0.1, -0.05) is 12.1 Å². The van der Waals surface area contributed by atoms with Gasteiger partial charge in [-0.25, -0.2) is 0 Å². The third-order valence-electron chi connectivity index (χ3n) is 3.46. The number of rotatable bonds is 5. The van der Waals surface area contributed by atoms with Crippen LogP contribution in [0.2, 0.25) is 0 Å². The molecule has 0 radical (unpaired) electrons. The summed E-state index contributed by atoms with van der Waals surface area (Å²) in [6, 6.07) is 9.35. The predicted octanol–water partition coefficient (Wildman–Crippen LogP) is 3.30. The number of hydrogen-bond acceptors (Lipinski definition) is 3. The molecule has 0 aromatic heterocycles. The maximum atomic E-state index is 5.66. The van der Waals surface area contributed by atoms with Crippen LogP contribution in [-0.4, -0.2) is 25.4 Å². The fraction of sp³-hybridized carbons (Fsp3) is 0.625. The van der Waals surface area contributed by atoms with Gasteiger partial charge in [0.05, 0.1) is 6.10 Å². The van der Waals surface area contributed by atoms with Crippen molar-refractivity contribution in [3.63, 3.8) is 0 Å². The third kappa shape index (κ3) is 4.51. The Kier molecular flexibility index (Phi) is 5.23. The fourth-order valence-electron chi connectivity index (χ4n) is 2.42. The number of nitrogens with one attached hydrogen (secondary N) is 1. The van der Waals surface area contributed by atoms with E-state index in [1.165, 1.54) is 5.56 Å². The summed E-state index contributed by atoms with van der Waals surface area (Å²) in [5.41, 5.74) is 1.31. The van der Waals surface area contributed by atoms with Gasteiger partial charge in [0.1, 0.15) is 5.75 Å². The lowest BCUT2D eigenvalue weighted by atomic mass is 10.0. The normalized spacial score (nSPS) is 18.5. The number of ether oxygens (including phenoxy) is 2. The molecule has 1 aliphatic heterocycles. The van der Waals surface area contributed by atoms with Gasteiger partial charge in [0.25, 0.3) is 0 Å². The molecule has 1 unspecified atom stereocenters. The lowest BCUT2D eigenvalue weighted by Gasteiger charge is -2.27. The standard InChI is InChI=1S/C16H25NO2/c1-12(2)19-16-6-4-14(5-7-16)13(3)17-15-8-10-18-11-9-15/h4-7,12-13,15,17H,8-11H2,1-3H3. The monoisotopic (exact) mass is 263 g/mol. The molecule has 0 aliphatic carbocycles. The van der Waals surface area contributed by atoms with Crippen molar-refractivity contribution in [3.8, 4) is 5.75 Å². The van der Waals surface area contributed by atoms with Crippen LogP contribution in [0.3, 0.4) is 0 Å². The van der Waals surface area contributed by atoms with E-state index in [1.807, 2.05) is 13.8 Å². The largest absolute Gasteiger partial charge is 0.491 e. The average Bonchev–Trinajstić information content (AvgIpc) is 2.40. The Hall–Kier alpha value is -1.06. The zero-order valence-corrected chi connectivity index (χ0v) is 12.2. The van der Waals surface area contributed by atoms with E-state index in [9.17, 15) is 0 Å². The summed E-state index contributed by atoms with van der Waals surface area (Å²) in [6.07, 6.45) is 2.45. The fourth-order valence-corrected chi connectivity index (χ4v) is 2.42. The number of hydrogen-bond donors (Lipinski definition) is 1. The Labute approximate surface area is 116 Å². The van der Waals surface area contributed by atoms with Crippen LogP contribution in [0, 0.1) is 0 Å². The van der Waals surface area contributed by atoms with Gasteiger partial charge in [-0.3, -0.25) is 0 Å². The zero-order chi connectivity index (χ0) is 13.7. The quantitative estimate of drug-likeness (QED) is 0.884. The second-order valence-electron chi connectivity index (χ2n) is 5.51. The molecular formula is C16H25NO2. The lowest BCUT2D eigenvalue weighted by molar-refractivity contribution is 0.0754. The molecule has 106 valence electrons. The summed E-state index contributed by atoms with van der Waals surface area (Å²) in [5.74, 6) is 0.942. The highest BCUT2D eigenvalue weighted by molar-refractivity contribution is 5.29. The summed E-state index contributed by atoms with van der Waals surface area (Å²) in [6.45, 7) is 8.07. The Morgan fingerprint density at radius 3 is 2.32 bits per heavy atom. The minimum absolute atomic E-state index is 0.226. The van der Waals surface area contributed by atoms with E-state index in [1.54, 1.807) is 0 Å². The van der Waals surface area contributed by atoms with E-state index in [0.717, 1.165) is 31.8 Å². The van der Waals surface area contributed by atoms with Gasteiger partial charge in [0, 0.05) is 25.3 Å². The third-order valence-corrected chi connectivity index (χ3v) is 3.46. The second-order valence-corrected chi connectivity index (χ2v) is 5.51. The van der Waals surface area contributed by atoms with Gasteiger partial charge in [0.2, 0.25) is 0 Å². The second kappa shape index (κ2) is 6.92. The van der Waals surface area contributed by atoms with Crippen molar-refractivity contribution in [3.05, 3.63) is 29.8 Å². The smallest absolute Gasteiger partial charge is 0.119 e. The average molecular weight is 263 g/mol.